The average Bonchev–Trinajstić information content (AvgIpc) is 0.810. The summed E-state index contributed by atoms with van der Waals surface area (Å²) in [6.45, 7) is 26.5. The highest BCUT2D eigenvalue weighted by molar-refractivity contribution is 9.10. The number of rotatable bonds is 16. The van der Waals surface area contributed by atoms with Crippen LogP contribution in [0.4, 0.5) is 15.3 Å². The van der Waals surface area contributed by atoms with Gasteiger partial charge in [-0.2, -0.15) is 8.61 Å². The van der Waals surface area contributed by atoms with E-state index in [2.05, 4.69) is 36.8 Å². The summed E-state index contributed by atoms with van der Waals surface area (Å²) in [5.41, 5.74) is 12.1. The Kier molecular flexibility index (Phi) is 43.2. The Hall–Kier alpha value is -8.36. The summed E-state index contributed by atoms with van der Waals surface area (Å²) in [5, 5.41) is 11.8. The van der Waals surface area contributed by atoms with Crippen LogP contribution in [0.1, 0.15) is 149 Å². The van der Waals surface area contributed by atoms with Gasteiger partial charge in [0, 0.05) is 194 Å². The van der Waals surface area contributed by atoms with Crippen LogP contribution < -0.4 is 21.7 Å². The number of ketones is 2. The van der Waals surface area contributed by atoms with Crippen LogP contribution >= 0.6 is 73.0 Å². The zero-order valence-corrected chi connectivity index (χ0v) is 87.2. The second kappa shape index (κ2) is 51.3. The number of amides is 6. The average molecular weight is 2070 g/mol. The fourth-order valence-electron chi connectivity index (χ4n) is 14.5. The van der Waals surface area contributed by atoms with Crippen molar-refractivity contribution >= 4 is 155 Å². The summed E-state index contributed by atoms with van der Waals surface area (Å²) in [6.07, 6.45) is 5.14. The SMILES string of the molecule is CC(C)(C)OC(=O)N1CC(N)C1.CN(C)C(=O)c1ccc(Br)cc1Cl.CN(C)C(=O)c1ccc(CC2CN(C(=O)OC(C)(C)C)C2)cc1Cl.CN(C)C(=O)c1ccc(CC2CNC2)cc1Cl.Cc1ccccc1S(=O)(=O)Cl.Cc1ccccc1S(=O)(=O)N1CCC(=O)CC1.Cc1ccccc1S(=O)(=O)N1CCC(N2CC(Nc3ccc(C(=O)N(C)C)c(Cl)c3)C2)CC1.O=C1CCNCC1. The summed E-state index contributed by atoms with van der Waals surface area (Å²) in [7, 11) is 8.36. The lowest BCUT2D eigenvalue weighted by Crippen LogP contribution is -2.60. The number of benzene rings is 7. The van der Waals surface area contributed by atoms with Crippen LogP contribution in [0.15, 0.2) is 165 Å². The maximum atomic E-state index is 13.0. The Balaban J connectivity index is 0.000000217. The van der Waals surface area contributed by atoms with E-state index in [9.17, 15) is 63.6 Å². The minimum atomic E-state index is -3.56. The number of Topliss-reactive ketones (excluding diaryl/α,β-unsaturated/α-hetero) is 2. The van der Waals surface area contributed by atoms with E-state index in [4.69, 9.17) is 72.3 Å². The molecule has 0 atom stereocenters. The molecular weight excluding hydrogens is 1940 g/mol. The Morgan fingerprint density at radius 1 is 0.463 bits per heavy atom. The molecule has 7 aromatic carbocycles. The van der Waals surface area contributed by atoms with Crippen molar-refractivity contribution in [3.05, 3.63) is 220 Å². The molecule has 29 nitrogen and oxygen atoms in total. The summed E-state index contributed by atoms with van der Waals surface area (Å²) in [4.78, 5) is 105. The van der Waals surface area contributed by atoms with Gasteiger partial charge in [-0.1, -0.05) is 129 Å². The molecule has 734 valence electrons. The number of halogens is 6. The van der Waals surface area contributed by atoms with Crippen molar-refractivity contribution < 1.29 is 73.1 Å². The second-order valence-corrected chi connectivity index (χ2v) is 45.4. The molecule has 0 radical (unpaired) electrons. The molecule has 7 fully saturated rings. The van der Waals surface area contributed by atoms with Gasteiger partial charge in [0.05, 0.1) is 63.1 Å². The maximum absolute atomic E-state index is 13.0. The third kappa shape index (κ3) is 35.0. The molecule has 134 heavy (non-hydrogen) atoms. The Morgan fingerprint density at radius 3 is 1.16 bits per heavy atom. The highest BCUT2D eigenvalue weighted by Crippen LogP contribution is 2.33. The molecule has 7 saturated heterocycles. The van der Waals surface area contributed by atoms with Crippen LogP contribution in [0, 0.1) is 32.6 Å². The normalized spacial score (nSPS) is 16.3. The smallest absolute Gasteiger partial charge is 0.410 e. The molecule has 5 N–H and O–H groups in total. The molecule has 6 amide bonds. The van der Waals surface area contributed by atoms with Gasteiger partial charge >= 0.3 is 12.2 Å². The standard InChI is InChI=1S/C24H31ClN4O3S.C18H25ClN2O3.C13H17ClN2O.C12H15NO3S.C9H9BrClNO.C8H16N2O2.C7H7ClO2S.C5H9NO/c1-17-6-4-5-7-23(17)33(31,32)29-12-10-20(11-13-29)28-15-19(16-28)26-18-8-9-21(22(25)14-18)24(30)27(2)3;1-18(2,3)24-17(23)21-10-13(11-21)8-12-6-7-14(15(19)9-12)16(22)20(4)5;1-16(2)13(17)11-4-3-9(6-12(11)14)5-10-7-15-8-10;1-10-4-2-3-5-12(10)17(15,16)13-8-6-11(14)7-9-13;1-12(2)9(13)7-4-3-6(10)5-8(7)11;1-8(2,3)12-7(11)10-4-6(9)5-10;1-6-4-2-3-5-7(6)11(8,9)10;7-5-1-3-6-4-2-5/h4-9,14,19-20,26H,10-13,15-16H2,1-3H3;6-7,9,13H,8,10-11H2,1-5H3;3-4,6,10,15H,5,7-8H2,1-2H3;2-5H,6-9H2,1H3;3-5H,1-2H3;6H,4-5,9H2,1-3H3;2-5H,1H3;6H,1-4H2. The number of nitrogens with zero attached hydrogens (tertiary/aromatic N) is 9. The first-order valence-electron chi connectivity index (χ1n) is 44.1. The van der Waals surface area contributed by atoms with Crippen LogP contribution in [0.3, 0.4) is 0 Å². The number of nitrogens with two attached hydrogens (primary N) is 1. The van der Waals surface area contributed by atoms with Crippen molar-refractivity contribution in [2.45, 2.75) is 158 Å². The zero-order chi connectivity index (χ0) is 99.7. The van der Waals surface area contributed by atoms with Crippen LogP contribution in [0.5, 0.6) is 0 Å². The van der Waals surface area contributed by atoms with Gasteiger partial charge in [0.1, 0.15) is 22.8 Å². The highest BCUT2D eigenvalue weighted by atomic mass is 79.9. The fraction of sp³-hybridized carbons (Fsp3) is 0.479. The predicted octanol–water partition coefficient (Wildman–Crippen LogP) is 15.1. The van der Waals surface area contributed by atoms with Crippen molar-refractivity contribution in [1.29, 1.82) is 0 Å². The molecular formula is C96H129BrCl5N13O16S3. The quantitative estimate of drug-likeness (QED) is 0.0653. The number of piperidine rings is 3. The van der Waals surface area contributed by atoms with Gasteiger partial charge in [-0.3, -0.25) is 33.7 Å². The molecule has 7 aliphatic rings. The topological polar surface area (TPSA) is 349 Å². The maximum Gasteiger partial charge on any atom is 0.410 e. The number of hydrogen-bond donors (Lipinski definition) is 4. The van der Waals surface area contributed by atoms with E-state index in [0.717, 1.165) is 105 Å². The molecule has 7 aliphatic heterocycles. The third-order valence-corrected chi connectivity index (χ3v) is 29.4. The van der Waals surface area contributed by atoms with Crippen molar-refractivity contribution in [3.63, 3.8) is 0 Å². The molecule has 0 aromatic heterocycles. The lowest BCUT2D eigenvalue weighted by molar-refractivity contribution is -0.121. The third-order valence-electron chi connectivity index (χ3n) is 22.0. The Bertz CT molecular complexity index is 5570. The van der Waals surface area contributed by atoms with E-state index in [0.29, 0.717) is 153 Å². The number of hydrogen-bond acceptors (Lipinski definition) is 21. The van der Waals surface area contributed by atoms with Crippen LogP contribution in [-0.2, 0) is 61.0 Å². The molecule has 0 spiro atoms. The highest BCUT2D eigenvalue weighted by Gasteiger charge is 2.39. The lowest BCUT2D eigenvalue weighted by Gasteiger charge is -2.47. The van der Waals surface area contributed by atoms with Crippen molar-refractivity contribution in [1.82, 2.24) is 53.5 Å². The van der Waals surface area contributed by atoms with E-state index in [1.165, 1.54) is 35.5 Å². The number of aryl methyl sites for hydroxylation is 3. The summed E-state index contributed by atoms with van der Waals surface area (Å²) in [5.74, 6) is 1.29. The van der Waals surface area contributed by atoms with Crippen molar-refractivity contribution in [3.8, 4) is 0 Å². The first-order valence-corrected chi connectivity index (χ1v) is 51.6. The second-order valence-electron chi connectivity index (χ2n) is 36.5. The molecule has 38 heteroatoms. The van der Waals surface area contributed by atoms with E-state index < -0.39 is 40.3 Å². The van der Waals surface area contributed by atoms with Crippen LogP contribution in [0.2, 0.25) is 20.1 Å². The van der Waals surface area contributed by atoms with E-state index in [1.807, 2.05) is 103 Å². The van der Waals surface area contributed by atoms with Gasteiger partial charge in [-0.05, 0) is 220 Å². The summed E-state index contributed by atoms with van der Waals surface area (Å²) < 4.78 is 86.7. The van der Waals surface area contributed by atoms with Gasteiger partial charge in [0.25, 0.3) is 32.7 Å². The molecule has 0 saturated carbocycles. The van der Waals surface area contributed by atoms with E-state index >= 15 is 0 Å². The monoisotopic (exact) mass is 2070 g/mol. The molecule has 0 aliphatic carbocycles. The van der Waals surface area contributed by atoms with E-state index in [1.54, 1.807) is 169 Å². The van der Waals surface area contributed by atoms with Gasteiger partial charge in [-0.15, -0.1) is 0 Å². The first kappa shape index (κ1) is 113. The minimum absolute atomic E-state index is 0.0492. The molecule has 7 aromatic rings. The predicted molar refractivity (Wildman–Crippen MR) is 534 cm³/mol. The van der Waals surface area contributed by atoms with E-state index in [-0.39, 0.29) is 52.5 Å². The number of sulfonamides is 2. The van der Waals surface area contributed by atoms with Crippen molar-refractivity contribution in [2.75, 3.05) is 153 Å². The number of nitrogens with one attached hydrogen (secondary N) is 3. The summed E-state index contributed by atoms with van der Waals surface area (Å²) in [6, 6.07) is 43.5. The number of carbonyl (C=O) groups excluding carboxylic acids is 8. The molecule has 0 bridgehead atoms. The number of likely N-dealkylation sites (tertiary alicyclic amines) is 3. The Morgan fingerprint density at radius 2 is 0.821 bits per heavy atom. The van der Waals surface area contributed by atoms with Gasteiger partial charge in [-0.25, -0.2) is 34.8 Å². The number of ether oxygens (including phenoxy) is 2. The molecule has 14 rings (SSSR count). The lowest BCUT2D eigenvalue weighted by atomic mass is 9.92. The molecule has 7 heterocycles. The molecule has 0 unspecified atom stereocenters. The van der Waals surface area contributed by atoms with Gasteiger partial charge < -0.3 is 60.6 Å². The van der Waals surface area contributed by atoms with Crippen LogP contribution in [0.25, 0.3) is 0 Å². The minimum Gasteiger partial charge on any atom is -0.444 e. The fourth-order valence-corrected chi connectivity index (χ4v) is 20.7. The van der Waals surface area contributed by atoms with Crippen LogP contribution in [-0.4, -0.2) is 293 Å². The largest absolute Gasteiger partial charge is 0.444 e. The van der Waals surface area contributed by atoms with Gasteiger partial charge in [0.2, 0.25) is 20.0 Å². The zero-order valence-electron chi connectivity index (χ0n) is 79.4. The number of anilines is 1. The Labute approximate surface area is 824 Å². The number of carbonyl (C=O) groups is 8. The summed E-state index contributed by atoms with van der Waals surface area (Å²) >= 11 is 27.9. The van der Waals surface area contributed by atoms with Crippen molar-refractivity contribution in [2.24, 2.45) is 17.6 Å². The first-order chi connectivity index (χ1) is 62.6. The van der Waals surface area contributed by atoms with Gasteiger partial charge in [0.15, 0.2) is 0 Å².